The highest BCUT2D eigenvalue weighted by atomic mass is 16.6. The van der Waals surface area contributed by atoms with Crippen molar-refractivity contribution in [3.8, 4) is 23.0 Å². The highest BCUT2D eigenvalue weighted by molar-refractivity contribution is 5.79. The van der Waals surface area contributed by atoms with Crippen molar-refractivity contribution >= 4 is 12.0 Å². The summed E-state index contributed by atoms with van der Waals surface area (Å²) in [5.74, 6) is 2.49. The Labute approximate surface area is 254 Å². The Morgan fingerprint density at radius 1 is 1.02 bits per heavy atom. The van der Waals surface area contributed by atoms with E-state index >= 15 is 0 Å². The van der Waals surface area contributed by atoms with E-state index in [1.807, 2.05) is 94.4 Å². The number of benzene rings is 3. The Kier molecular flexibility index (Phi) is 9.31. The molecule has 1 aliphatic heterocycles. The standard InChI is InChI=1S/C36H40N2O5/c1-25-33(37-34(42-25)28-11-7-6-8-12-28)18-19-41-31-13-9-10-27(21-31)20-29-23-38(22-26-14-16-30(40-5)17-15-26)24-32(29)35(39)43-36(2,3)4/h6-17,20-21,32H,18-19,22-24H2,1-5H3/b29-20+. The number of carbonyl (C=O) groups is 1. The maximum absolute atomic E-state index is 13.3. The lowest BCUT2D eigenvalue weighted by molar-refractivity contribution is -0.158. The molecular weight excluding hydrogens is 540 g/mol. The van der Waals surface area contributed by atoms with E-state index in [2.05, 4.69) is 28.1 Å². The van der Waals surface area contributed by atoms with Crippen molar-refractivity contribution < 1.29 is 23.4 Å². The van der Waals surface area contributed by atoms with Crippen molar-refractivity contribution in [3.05, 3.63) is 107 Å². The van der Waals surface area contributed by atoms with Gasteiger partial charge in [0.05, 0.1) is 25.3 Å². The van der Waals surface area contributed by atoms with Crippen molar-refractivity contribution in [2.24, 2.45) is 5.92 Å². The average molecular weight is 581 g/mol. The Morgan fingerprint density at radius 3 is 2.51 bits per heavy atom. The Balaban J connectivity index is 1.27. The number of esters is 1. The van der Waals surface area contributed by atoms with Gasteiger partial charge in [0.15, 0.2) is 0 Å². The Hall–Kier alpha value is -4.36. The van der Waals surface area contributed by atoms with Gasteiger partial charge in [-0.05, 0) is 80.8 Å². The Morgan fingerprint density at radius 2 is 1.79 bits per heavy atom. The van der Waals surface area contributed by atoms with Crippen molar-refractivity contribution in [3.63, 3.8) is 0 Å². The molecule has 4 aromatic rings. The molecule has 0 aliphatic carbocycles. The fourth-order valence-electron chi connectivity index (χ4n) is 5.20. The summed E-state index contributed by atoms with van der Waals surface area (Å²) < 4.78 is 23.1. The molecule has 0 bridgehead atoms. The molecule has 3 aromatic carbocycles. The topological polar surface area (TPSA) is 74.0 Å². The van der Waals surface area contributed by atoms with E-state index in [4.69, 9.17) is 18.6 Å². The molecule has 0 N–H and O–H groups in total. The molecule has 1 aromatic heterocycles. The van der Waals surface area contributed by atoms with E-state index in [9.17, 15) is 4.79 Å². The first-order chi connectivity index (χ1) is 20.7. The van der Waals surface area contributed by atoms with Crippen LogP contribution in [0.3, 0.4) is 0 Å². The number of rotatable bonds is 10. The van der Waals surface area contributed by atoms with E-state index in [0.717, 1.165) is 46.2 Å². The molecule has 7 heteroatoms. The predicted molar refractivity (Wildman–Crippen MR) is 168 cm³/mol. The second-order valence-corrected chi connectivity index (χ2v) is 11.9. The van der Waals surface area contributed by atoms with E-state index in [0.29, 0.717) is 32.0 Å². The summed E-state index contributed by atoms with van der Waals surface area (Å²) in [4.78, 5) is 20.2. The molecule has 0 amide bonds. The second-order valence-electron chi connectivity index (χ2n) is 11.9. The molecule has 1 aliphatic rings. The average Bonchev–Trinajstić information content (AvgIpc) is 3.56. The van der Waals surface area contributed by atoms with Crippen LogP contribution in [-0.2, 0) is 22.5 Å². The summed E-state index contributed by atoms with van der Waals surface area (Å²) >= 11 is 0. The number of oxazole rings is 1. The third-order valence-electron chi connectivity index (χ3n) is 7.28. The van der Waals surface area contributed by atoms with Crippen LogP contribution in [0.2, 0.25) is 0 Å². The van der Waals surface area contributed by atoms with Crippen LogP contribution in [0.25, 0.3) is 17.5 Å². The SMILES string of the molecule is COc1ccc(CN2C/C(=C\c3cccc(OCCc4nc(-c5ccccc5)oc4C)c3)C(C(=O)OC(C)(C)C)C2)cc1. The van der Waals surface area contributed by atoms with Crippen molar-refractivity contribution in [2.75, 3.05) is 26.8 Å². The summed E-state index contributed by atoms with van der Waals surface area (Å²) in [6.45, 7) is 10.1. The van der Waals surface area contributed by atoms with Gasteiger partial charge in [0.25, 0.3) is 0 Å². The number of aromatic nitrogens is 1. The number of nitrogens with zero attached hydrogens (tertiary/aromatic N) is 2. The third-order valence-corrected chi connectivity index (χ3v) is 7.28. The van der Waals surface area contributed by atoms with Gasteiger partial charge in [-0.15, -0.1) is 0 Å². The molecule has 224 valence electrons. The van der Waals surface area contributed by atoms with Gasteiger partial charge in [-0.2, -0.15) is 0 Å². The van der Waals surface area contributed by atoms with Gasteiger partial charge in [-0.25, -0.2) is 4.98 Å². The zero-order valence-corrected chi connectivity index (χ0v) is 25.6. The van der Waals surface area contributed by atoms with Crippen LogP contribution in [0.5, 0.6) is 11.5 Å². The molecule has 1 fully saturated rings. The van der Waals surface area contributed by atoms with Crippen LogP contribution in [0, 0.1) is 12.8 Å². The number of carbonyl (C=O) groups excluding carboxylic acids is 1. The van der Waals surface area contributed by atoms with Gasteiger partial charge < -0.3 is 18.6 Å². The largest absolute Gasteiger partial charge is 0.497 e. The maximum atomic E-state index is 13.3. The van der Waals surface area contributed by atoms with Crippen LogP contribution in [0.4, 0.5) is 0 Å². The number of methoxy groups -OCH3 is 1. The van der Waals surface area contributed by atoms with Gasteiger partial charge in [-0.1, -0.05) is 48.5 Å². The molecular formula is C36H40N2O5. The molecule has 1 unspecified atom stereocenters. The van der Waals surface area contributed by atoms with Gasteiger partial charge >= 0.3 is 5.97 Å². The van der Waals surface area contributed by atoms with Gasteiger partial charge in [-0.3, -0.25) is 9.69 Å². The lowest BCUT2D eigenvalue weighted by Gasteiger charge is -2.22. The monoisotopic (exact) mass is 580 g/mol. The van der Waals surface area contributed by atoms with Crippen LogP contribution in [0.1, 0.15) is 43.4 Å². The van der Waals surface area contributed by atoms with Gasteiger partial charge in [0, 0.05) is 31.6 Å². The highest BCUT2D eigenvalue weighted by Gasteiger charge is 2.35. The third kappa shape index (κ3) is 8.14. The lowest BCUT2D eigenvalue weighted by Crippen LogP contribution is -2.31. The van der Waals surface area contributed by atoms with E-state index in [-0.39, 0.29) is 11.9 Å². The van der Waals surface area contributed by atoms with Crippen LogP contribution in [0.15, 0.2) is 88.9 Å². The first kappa shape index (κ1) is 30.1. The van der Waals surface area contributed by atoms with Crippen molar-refractivity contribution in [1.82, 2.24) is 9.88 Å². The van der Waals surface area contributed by atoms with Gasteiger partial charge in [0.1, 0.15) is 22.9 Å². The fourth-order valence-corrected chi connectivity index (χ4v) is 5.20. The van der Waals surface area contributed by atoms with E-state index in [1.165, 1.54) is 5.56 Å². The number of ether oxygens (including phenoxy) is 3. The molecule has 0 spiro atoms. The minimum absolute atomic E-state index is 0.193. The highest BCUT2D eigenvalue weighted by Crippen LogP contribution is 2.30. The molecule has 0 saturated carbocycles. The molecule has 5 rings (SSSR count). The van der Waals surface area contributed by atoms with Gasteiger partial charge in [0.2, 0.25) is 5.89 Å². The summed E-state index contributed by atoms with van der Waals surface area (Å²) in [5, 5.41) is 0. The van der Waals surface area contributed by atoms with Crippen molar-refractivity contribution in [2.45, 2.75) is 46.3 Å². The molecule has 0 radical (unpaired) electrons. The van der Waals surface area contributed by atoms with Crippen LogP contribution in [-0.4, -0.2) is 48.3 Å². The molecule has 2 heterocycles. The van der Waals surface area contributed by atoms with Crippen LogP contribution >= 0.6 is 0 Å². The van der Waals surface area contributed by atoms with Crippen molar-refractivity contribution in [1.29, 1.82) is 0 Å². The summed E-state index contributed by atoms with van der Waals surface area (Å²) in [7, 11) is 1.66. The molecule has 43 heavy (non-hydrogen) atoms. The first-order valence-electron chi connectivity index (χ1n) is 14.7. The molecule has 1 atom stereocenters. The summed E-state index contributed by atoms with van der Waals surface area (Å²) in [5.41, 5.74) is 4.48. The minimum Gasteiger partial charge on any atom is -0.497 e. The first-order valence-corrected chi connectivity index (χ1v) is 14.7. The van der Waals surface area contributed by atoms with Crippen LogP contribution < -0.4 is 9.47 Å². The predicted octanol–water partition coefficient (Wildman–Crippen LogP) is 7.14. The number of aryl methyl sites for hydroxylation is 1. The zero-order valence-electron chi connectivity index (χ0n) is 25.6. The molecule has 7 nitrogen and oxygen atoms in total. The minimum atomic E-state index is -0.552. The number of hydrogen-bond acceptors (Lipinski definition) is 7. The van der Waals surface area contributed by atoms with E-state index < -0.39 is 5.60 Å². The lowest BCUT2D eigenvalue weighted by atomic mass is 10.00. The quantitative estimate of drug-likeness (QED) is 0.185. The summed E-state index contributed by atoms with van der Waals surface area (Å²) in [6, 6.07) is 25.9. The smallest absolute Gasteiger partial charge is 0.314 e. The zero-order chi connectivity index (χ0) is 30.4. The van der Waals surface area contributed by atoms with E-state index in [1.54, 1.807) is 7.11 Å². The second kappa shape index (κ2) is 13.3. The fraction of sp³-hybridized carbons (Fsp3) is 0.333. The molecule has 1 saturated heterocycles. The Bertz CT molecular complexity index is 1550. The number of likely N-dealkylation sites (tertiary alicyclic amines) is 1. The number of hydrogen-bond donors (Lipinski definition) is 0. The summed E-state index contributed by atoms with van der Waals surface area (Å²) in [6.07, 6.45) is 2.73. The normalized spacial score (nSPS) is 16.4. The maximum Gasteiger partial charge on any atom is 0.314 e.